The summed E-state index contributed by atoms with van der Waals surface area (Å²) in [6.07, 6.45) is 0. The fourth-order valence-electron chi connectivity index (χ4n) is 3.16. The van der Waals surface area contributed by atoms with Crippen LogP contribution < -0.4 is 10.5 Å². The normalized spacial score (nSPS) is 11.7. The average Bonchev–Trinajstić information content (AvgIpc) is 2.91. The lowest BCUT2D eigenvalue weighted by Gasteiger charge is -2.10. The van der Waals surface area contributed by atoms with E-state index in [0.717, 1.165) is 22.0 Å². The van der Waals surface area contributed by atoms with Crippen molar-refractivity contribution in [2.45, 2.75) is 31.8 Å². The molecule has 0 fully saturated rings. The molecule has 136 valence electrons. The molecule has 0 spiro atoms. The number of hydrogen-bond acceptors (Lipinski definition) is 3. The zero-order valence-corrected chi connectivity index (χ0v) is 15.5. The van der Waals surface area contributed by atoms with E-state index < -0.39 is 10.0 Å². The van der Waals surface area contributed by atoms with Crippen LogP contribution >= 0.6 is 0 Å². The number of primary sulfonamides is 1. The summed E-state index contributed by atoms with van der Waals surface area (Å²) in [5, 5.41) is 9.07. The van der Waals surface area contributed by atoms with Crippen molar-refractivity contribution < 1.29 is 13.2 Å². The molecule has 1 aromatic heterocycles. The summed E-state index contributed by atoms with van der Waals surface area (Å²) in [4.78, 5) is 12.8. The Balaban J connectivity index is 1.83. The van der Waals surface area contributed by atoms with Crippen LogP contribution in [-0.2, 0) is 23.1 Å². The van der Waals surface area contributed by atoms with Gasteiger partial charge in [-0.3, -0.25) is 4.79 Å². The summed E-state index contributed by atoms with van der Waals surface area (Å²) in [6, 6.07) is 14.1. The van der Waals surface area contributed by atoms with E-state index in [2.05, 4.69) is 5.32 Å². The van der Waals surface area contributed by atoms with Crippen molar-refractivity contribution in [3.05, 3.63) is 65.4 Å². The number of aryl methyl sites for hydroxylation is 2. The van der Waals surface area contributed by atoms with E-state index in [-0.39, 0.29) is 10.8 Å². The third-order valence-electron chi connectivity index (χ3n) is 4.46. The quantitative estimate of drug-likeness (QED) is 0.722. The highest BCUT2D eigenvalue weighted by atomic mass is 32.2. The third-order valence-corrected chi connectivity index (χ3v) is 5.39. The van der Waals surface area contributed by atoms with Crippen LogP contribution in [0.15, 0.2) is 53.4 Å². The molecule has 0 radical (unpaired) electrons. The van der Waals surface area contributed by atoms with E-state index in [9.17, 15) is 13.2 Å². The molecule has 6 nitrogen and oxygen atoms in total. The minimum Gasteiger partial charge on any atom is -0.347 e. The Hall–Kier alpha value is -2.64. The molecular weight excluding hydrogens is 350 g/mol. The maximum Gasteiger partial charge on any atom is 0.268 e. The number of nitrogens with two attached hydrogens (primary N) is 1. The molecule has 26 heavy (non-hydrogen) atoms. The Morgan fingerprint density at radius 1 is 1.12 bits per heavy atom. The van der Waals surface area contributed by atoms with Gasteiger partial charge in [-0.1, -0.05) is 30.3 Å². The number of fused-ring (bicyclic) bond motifs is 1. The third kappa shape index (κ3) is 3.36. The molecule has 0 aliphatic carbocycles. The van der Waals surface area contributed by atoms with Crippen LogP contribution in [0.1, 0.15) is 28.5 Å². The number of rotatable bonds is 5. The zero-order valence-electron chi connectivity index (χ0n) is 14.7. The molecule has 1 amide bonds. The predicted octanol–water partition coefficient (Wildman–Crippen LogP) is 2.55. The van der Waals surface area contributed by atoms with Gasteiger partial charge in [-0.2, -0.15) is 0 Å². The van der Waals surface area contributed by atoms with Crippen LogP contribution in [0.2, 0.25) is 0 Å². The van der Waals surface area contributed by atoms with Gasteiger partial charge in [0.15, 0.2) is 0 Å². The fourth-order valence-corrected chi connectivity index (χ4v) is 3.68. The highest BCUT2D eigenvalue weighted by Crippen LogP contribution is 2.25. The number of benzene rings is 2. The lowest BCUT2D eigenvalue weighted by atomic mass is 10.1. The first-order valence-electron chi connectivity index (χ1n) is 8.30. The molecule has 0 unspecified atom stereocenters. The summed E-state index contributed by atoms with van der Waals surface area (Å²) in [5.74, 6) is -0.156. The minimum absolute atomic E-state index is 0.0505. The van der Waals surface area contributed by atoms with Crippen LogP contribution in [0.25, 0.3) is 10.9 Å². The van der Waals surface area contributed by atoms with Gasteiger partial charge in [0, 0.05) is 24.0 Å². The number of nitrogens with one attached hydrogen (secondary N) is 1. The largest absolute Gasteiger partial charge is 0.347 e. The average molecular weight is 371 g/mol. The van der Waals surface area contributed by atoms with E-state index in [1.807, 2.05) is 42.7 Å². The number of sulfonamides is 1. The maximum absolute atomic E-state index is 12.8. The summed E-state index contributed by atoms with van der Waals surface area (Å²) in [5.41, 5.74) is 3.43. The van der Waals surface area contributed by atoms with Crippen molar-refractivity contribution in [1.29, 1.82) is 0 Å². The summed E-state index contributed by atoms with van der Waals surface area (Å²) >= 11 is 0. The number of para-hydroxylation sites is 1. The summed E-state index contributed by atoms with van der Waals surface area (Å²) in [7, 11) is -3.71. The second-order valence-electron chi connectivity index (χ2n) is 6.11. The SMILES string of the molecule is CCn1c(C(=O)NCc2ccc(S(N)(=O)=O)cc2)c(C)c2ccccc21. The van der Waals surface area contributed by atoms with Crippen molar-refractivity contribution in [3.8, 4) is 0 Å². The van der Waals surface area contributed by atoms with Crippen LogP contribution in [-0.4, -0.2) is 18.9 Å². The fraction of sp³-hybridized carbons (Fsp3) is 0.211. The monoisotopic (exact) mass is 371 g/mol. The van der Waals surface area contributed by atoms with Crippen molar-refractivity contribution >= 4 is 26.8 Å². The van der Waals surface area contributed by atoms with Crippen molar-refractivity contribution in [3.63, 3.8) is 0 Å². The van der Waals surface area contributed by atoms with E-state index in [1.165, 1.54) is 12.1 Å². The molecule has 3 aromatic rings. The van der Waals surface area contributed by atoms with Gasteiger partial charge in [-0.25, -0.2) is 13.6 Å². The van der Waals surface area contributed by atoms with Gasteiger partial charge in [0.2, 0.25) is 10.0 Å². The van der Waals surface area contributed by atoms with Crippen molar-refractivity contribution in [1.82, 2.24) is 9.88 Å². The molecule has 2 aromatic carbocycles. The van der Waals surface area contributed by atoms with E-state index in [1.54, 1.807) is 12.1 Å². The smallest absolute Gasteiger partial charge is 0.268 e. The second kappa shape index (κ2) is 6.93. The first-order chi connectivity index (χ1) is 12.3. The molecule has 0 saturated heterocycles. The lowest BCUT2D eigenvalue weighted by Crippen LogP contribution is -2.26. The van der Waals surface area contributed by atoms with Gasteiger partial charge >= 0.3 is 0 Å². The molecule has 3 rings (SSSR count). The molecule has 3 N–H and O–H groups in total. The first-order valence-corrected chi connectivity index (χ1v) is 9.85. The second-order valence-corrected chi connectivity index (χ2v) is 7.67. The number of aromatic nitrogens is 1. The molecule has 7 heteroatoms. The molecule has 1 heterocycles. The lowest BCUT2D eigenvalue weighted by molar-refractivity contribution is 0.0941. The van der Waals surface area contributed by atoms with Crippen LogP contribution in [0, 0.1) is 6.92 Å². The van der Waals surface area contributed by atoms with Gasteiger partial charge in [-0.15, -0.1) is 0 Å². The Kier molecular flexibility index (Phi) is 4.84. The number of carbonyl (C=O) groups excluding carboxylic acids is 1. The number of nitrogens with zero attached hydrogens (tertiary/aromatic N) is 1. The highest BCUT2D eigenvalue weighted by molar-refractivity contribution is 7.89. The summed E-state index contributed by atoms with van der Waals surface area (Å²) < 4.78 is 24.6. The topological polar surface area (TPSA) is 94.2 Å². The Morgan fingerprint density at radius 2 is 1.77 bits per heavy atom. The standard InChI is InChI=1S/C19H21N3O3S/c1-3-22-17-7-5-4-6-16(17)13(2)18(22)19(23)21-12-14-8-10-15(11-9-14)26(20,24)25/h4-11H,3,12H2,1-2H3,(H,21,23)(H2,20,24,25). The van der Waals surface area contributed by atoms with E-state index in [0.29, 0.717) is 18.8 Å². The Morgan fingerprint density at radius 3 is 2.38 bits per heavy atom. The van der Waals surface area contributed by atoms with E-state index >= 15 is 0 Å². The molecule has 0 bridgehead atoms. The molecule has 0 aliphatic rings. The number of amides is 1. The maximum atomic E-state index is 12.8. The molecular formula is C19H21N3O3S. The Bertz CT molecular complexity index is 1070. The van der Waals surface area contributed by atoms with Crippen molar-refractivity contribution in [2.24, 2.45) is 5.14 Å². The Labute approximate surface area is 152 Å². The predicted molar refractivity (Wildman–Crippen MR) is 101 cm³/mol. The molecule has 0 aliphatic heterocycles. The summed E-state index contributed by atoms with van der Waals surface area (Å²) in [6.45, 7) is 4.95. The molecule has 0 saturated carbocycles. The van der Waals surface area contributed by atoms with Gasteiger partial charge in [0.25, 0.3) is 5.91 Å². The van der Waals surface area contributed by atoms with Gasteiger partial charge in [-0.05, 0) is 43.2 Å². The number of hydrogen-bond donors (Lipinski definition) is 2. The minimum atomic E-state index is -3.71. The van der Waals surface area contributed by atoms with E-state index in [4.69, 9.17) is 5.14 Å². The van der Waals surface area contributed by atoms with Gasteiger partial charge < -0.3 is 9.88 Å². The van der Waals surface area contributed by atoms with Crippen LogP contribution in [0.4, 0.5) is 0 Å². The van der Waals surface area contributed by atoms with Gasteiger partial charge in [0.05, 0.1) is 4.90 Å². The van der Waals surface area contributed by atoms with Crippen molar-refractivity contribution in [2.75, 3.05) is 0 Å². The molecule has 0 atom stereocenters. The first kappa shape index (κ1) is 18.2. The van der Waals surface area contributed by atoms with Crippen LogP contribution in [0.5, 0.6) is 0 Å². The zero-order chi connectivity index (χ0) is 18.9. The highest BCUT2D eigenvalue weighted by Gasteiger charge is 2.19. The van der Waals surface area contributed by atoms with Crippen LogP contribution in [0.3, 0.4) is 0 Å². The number of carbonyl (C=O) groups is 1. The van der Waals surface area contributed by atoms with Gasteiger partial charge in [0.1, 0.15) is 5.69 Å².